The van der Waals surface area contributed by atoms with Crippen LogP contribution in [0, 0.1) is 19.8 Å². The van der Waals surface area contributed by atoms with Crippen molar-refractivity contribution in [2.24, 2.45) is 11.8 Å². The van der Waals surface area contributed by atoms with Gasteiger partial charge in [-0.1, -0.05) is 18.2 Å². The second kappa shape index (κ2) is 6.07. The van der Waals surface area contributed by atoms with Gasteiger partial charge in [-0.2, -0.15) is 0 Å². The Bertz CT molecular complexity index is 496. The number of hydrazine groups is 1. The molecule has 1 aliphatic heterocycles. The molecule has 3 N–H and O–H groups in total. The fourth-order valence-electron chi connectivity index (χ4n) is 3.87. The van der Waals surface area contributed by atoms with Crippen molar-refractivity contribution in [2.75, 3.05) is 6.61 Å². The quantitative estimate of drug-likeness (QED) is 0.661. The summed E-state index contributed by atoms with van der Waals surface area (Å²) in [5.74, 6) is 6.51. The van der Waals surface area contributed by atoms with E-state index in [9.17, 15) is 0 Å². The first-order valence-electron chi connectivity index (χ1n) is 8.28. The number of nitrogens with one attached hydrogen (secondary N) is 1. The average molecular weight is 288 g/mol. The van der Waals surface area contributed by atoms with Gasteiger partial charge in [-0.3, -0.25) is 11.3 Å². The van der Waals surface area contributed by atoms with Crippen molar-refractivity contribution < 1.29 is 4.74 Å². The maximum atomic E-state index is 6.04. The summed E-state index contributed by atoms with van der Waals surface area (Å²) in [5.41, 5.74) is 7.39. The SMILES string of the molecule is Cc1ccc(CC(NN)C2CCOC3(CCC3)C2)cc1C. The van der Waals surface area contributed by atoms with E-state index >= 15 is 0 Å². The van der Waals surface area contributed by atoms with Crippen molar-refractivity contribution in [2.45, 2.75) is 64.0 Å². The van der Waals surface area contributed by atoms with Gasteiger partial charge < -0.3 is 4.74 Å². The molecular formula is C18H28N2O. The molecule has 1 spiro atoms. The van der Waals surface area contributed by atoms with E-state index in [1.807, 2.05) is 0 Å². The highest BCUT2D eigenvalue weighted by molar-refractivity contribution is 5.30. The lowest BCUT2D eigenvalue weighted by Gasteiger charge is -2.48. The van der Waals surface area contributed by atoms with E-state index in [0.717, 1.165) is 19.4 Å². The molecule has 3 nitrogen and oxygen atoms in total. The summed E-state index contributed by atoms with van der Waals surface area (Å²) in [5, 5.41) is 0. The molecule has 0 bridgehead atoms. The van der Waals surface area contributed by atoms with Crippen molar-refractivity contribution in [1.82, 2.24) is 5.43 Å². The van der Waals surface area contributed by atoms with Crippen LogP contribution in [0.5, 0.6) is 0 Å². The van der Waals surface area contributed by atoms with E-state index in [2.05, 4.69) is 37.5 Å². The first kappa shape index (κ1) is 15.0. The molecule has 0 aromatic heterocycles. The fourth-order valence-corrected chi connectivity index (χ4v) is 3.87. The predicted octanol–water partition coefficient (Wildman–Crippen LogP) is 3.03. The molecule has 1 saturated carbocycles. The van der Waals surface area contributed by atoms with Crippen LogP contribution in [0.1, 0.15) is 48.8 Å². The van der Waals surface area contributed by atoms with Crippen molar-refractivity contribution in [3.05, 3.63) is 34.9 Å². The van der Waals surface area contributed by atoms with Crippen molar-refractivity contribution in [3.63, 3.8) is 0 Å². The van der Waals surface area contributed by atoms with Gasteiger partial charge >= 0.3 is 0 Å². The first-order valence-corrected chi connectivity index (χ1v) is 8.28. The maximum absolute atomic E-state index is 6.04. The van der Waals surface area contributed by atoms with E-state index in [1.54, 1.807) is 0 Å². The Morgan fingerprint density at radius 1 is 1.33 bits per heavy atom. The molecule has 1 aliphatic carbocycles. The van der Waals surface area contributed by atoms with Gasteiger partial charge in [0, 0.05) is 12.6 Å². The van der Waals surface area contributed by atoms with Crippen LogP contribution in [0.4, 0.5) is 0 Å². The lowest BCUT2D eigenvalue weighted by Crippen LogP contribution is -2.52. The minimum absolute atomic E-state index is 0.196. The minimum atomic E-state index is 0.196. The molecule has 0 amide bonds. The first-order chi connectivity index (χ1) is 10.1. The molecule has 1 saturated heterocycles. The van der Waals surface area contributed by atoms with E-state index in [-0.39, 0.29) is 5.60 Å². The second-order valence-electron chi connectivity index (χ2n) is 7.03. The monoisotopic (exact) mass is 288 g/mol. The normalized spacial score (nSPS) is 25.6. The fraction of sp³-hybridized carbons (Fsp3) is 0.667. The predicted molar refractivity (Wildman–Crippen MR) is 86.0 cm³/mol. The van der Waals surface area contributed by atoms with Gasteiger partial charge in [-0.15, -0.1) is 0 Å². The van der Waals surface area contributed by atoms with Crippen LogP contribution in [0.2, 0.25) is 0 Å². The average Bonchev–Trinajstić information content (AvgIpc) is 2.47. The highest BCUT2D eigenvalue weighted by atomic mass is 16.5. The second-order valence-corrected chi connectivity index (χ2v) is 7.03. The minimum Gasteiger partial charge on any atom is -0.375 e. The highest BCUT2D eigenvalue weighted by Gasteiger charge is 2.44. The van der Waals surface area contributed by atoms with Crippen LogP contribution >= 0.6 is 0 Å². The Hall–Kier alpha value is -0.900. The van der Waals surface area contributed by atoms with Crippen LogP contribution in [-0.2, 0) is 11.2 Å². The molecule has 2 aliphatic rings. The molecule has 2 fully saturated rings. The summed E-state index contributed by atoms with van der Waals surface area (Å²) in [6, 6.07) is 7.12. The smallest absolute Gasteiger partial charge is 0.0685 e. The van der Waals surface area contributed by atoms with Crippen molar-refractivity contribution in [3.8, 4) is 0 Å². The third-order valence-corrected chi connectivity index (χ3v) is 5.61. The van der Waals surface area contributed by atoms with Crippen molar-refractivity contribution in [1.29, 1.82) is 0 Å². The molecule has 1 aromatic rings. The van der Waals surface area contributed by atoms with Gasteiger partial charge in [0.2, 0.25) is 0 Å². The van der Waals surface area contributed by atoms with E-state index in [4.69, 9.17) is 10.6 Å². The molecular weight excluding hydrogens is 260 g/mol. The molecule has 3 rings (SSSR count). The largest absolute Gasteiger partial charge is 0.375 e. The summed E-state index contributed by atoms with van der Waals surface area (Å²) >= 11 is 0. The zero-order chi connectivity index (χ0) is 14.9. The Kier molecular flexibility index (Phi) is 4.34. The zero-order valence-electron chi connectivity index (χ0n) is 13.3. The number of benzene rings is 1. The molecule has 1 heterocycles. The van der Waals surface area contributed by atoms with Crippen LogP contribution in [0.15, 0.2) is 18.2 Å². The number of hydrogen-bond donors (Lipinski definition) is 2. The molecule has 2 unspecified atom stereocenters. The van der Waals surface area contributed by atoms with E-state index in [1.165, 1.54) is 42.4 Å². The number of aryl methyl sites for hydroxylation is 2. The van der Waals surface area contributed by atoms with Crippen molar-refractivity contribution >= 4 is 0 Å². The Morgan fingerprint density at radius 3 is 2.76 bits per heavy atom. The topological polar surface area (TPSA) is 47.3 Å². The van der Waals surface area contributed by atoms with Gasteiger partial charge in [-0.25, -0.2) is 0 Å². The number of hydrogen-bond acceptors (Lipinski definition) is 3. The van der Waals surface area contributed by atoms with Gasteiger partial charge in [0.25, 0.3) is 0 Å². The van der Waals surface area contributed by atoms with Crippen LogP contribution < -0.4 is 11.3 Å². The van der Waals surface area contributed by atoms with Gasteiger partial charge in [0.15, 0.2) is 0 Å². The summed E-state index contributed by atoms with van der Waals surface area (Å²) in [6.07, 6.45) is 7.12. The molecule has 3 heteroatoms. The number of ether oxygens (including phenoxy) is 1. The third kappa shape index (κ3) is 3.15. The van der Waals surface area contributed by atoms with Crippen LogP contribution in [0.3, 0.4) is 0 Å². The Labute approximate surface area is 128 Å². The summed E-state index contributed by atoms with van der Waals surface area (Å²) < 4.78 is 6.04. The van der Waals surface area contributed by atoms with Crippen LogP contribution in [-0.4, -0.2) is 18.2 Å². The van der Waals surface area contributed by atoms with Gasteiger partial charge in [-0.05, 0) is 75.0 Å². The summed E-state index contributed by atoms with van der Waals surface area (Å²) in [6.45, 7) is 5.24. The molecule has 2 atom stereocenters. The Morgan fingerprint density at radius 2 is 2.14 bits per heavy atom. The Balaban J connectivity index is 1.68. The lowest BCUT2D eigenvalue weighted by atomic mass is 9.70. The lowest BCUT2D eigenvalue weighted by molar-refractivity contribution is -0.147. The van der Waals surface area contributed by atoms with Gasteiger partial charge in [0.05, 0.1) is 5.60 Å². The highest BCUT2D eigenvalue weighted by Crippen LogP contribution is 2.45. The van der Waals surface area contributed by atoms with E-state index < -0.39 is 0 Å². The summed E-state index contributed by atoms with van der Waals surface area (Å²) in [7, 11) is 0. The number of nitrogens with two attached hydrogens (primary N) is 1. The molecule has 21 heavy (non-hydrogen) atoms. The van der Waals surface area contributed by atoms with Crippen LogP contribution in [0.25, 0.3) is 0 Å². The molecule has 116 valence electrons. The number of rotatable bonds is 4. The molecule has 1 aromatic carbocycles. The standard InChI is InChI=1S/C18H28N2O/c1-13-4-5-15(10-14(13)2)11-17(20-19)16-6-9-21-18(12-16)7-3-8-18/h4-5,10,16-17,20H,3,6-9,11-12,19H2,1-2H3. The third-order valence-electron chi connectivity index (χ3n) is 5.61. The van der Waals surface area contributed by atoms with Gasteiger partial charge in [0.1, 0.15) is 0 Å². The zero-order valence-corrected chi connectivity index (χ0v) is 13.3. The summed E-state index contributed by atoms with van der Waals surface area (Å²) in [4.78, 5) is 0. The molecule has 0 radical (unpaired) electrons. The maximum Gasteiger partial charge on any atom is 0.0685 e. The van der Waals surface area contributed by atoms with E-state index in [0.29, 0.717) is 12.0 Å².